The van der Waals surface area contributed by atoms with E-state index in [1.807, 2.05) is 0 Å². The molecule has 1 aromatic carbocycles. The minimum Gasteiger partial charge on any atom is -0.478 e. The highest BCUT2D eigenvalue weighted by atomic mass is 19.2. The van der Waals surface area contributed by atoms with Crippen molar-refractivity contribution in [2.45, 2.75) is 5.92 Å². The van der Waals surface area contributed by atoms with Gasteiger partial charge in [-0.1, -0.05) is 0 Å². The van der Waals surface area contributed by atoms with Gasteiger partial charge in [-0.05, 0) is 0 Å². The molecular weight excluding hydrogens is 499 g/mol. The maximum Gasteiger partial charge on any atom is 0.336 e. The van der Waals surface area contributed by atoms with E-state index < -0.39 is 82.5 Å². The van der Waals surface area contributed by atoms with Crippen molar-refractivity contribution in [3.63, 3.8) is 0 Å². The molecule has 1 aromatic heterocycles. The van der Waals surface area contributed by atoms with Gasteiger partial charge in [0.2, 0.25) is 11.9 Å². The Labute approximate surface area is 199 Å². The third kappa shape index (κ3) is 5.22. The topological polar surface area (TPSA) is 164 Å². The summed E-state index contributed by atoms with van der Waals surface area (Å²) < 4.78 is 81.2. The van der Waals surface area contributed by atoms with Crippen LogP contribution >= 0.6 is 0 Å². The number of nitrogen functional groups attached to an aromatic ring is 1. The molecule has 2 heterocycles. The van der Waals surface area contributed by atoms with Gasteiger partial charge in [-0.25, -0.2) is 36.6 Å². The van der Waals surface area contributed by atoms with E-state index in [1.54, 1.807) is 0 Å². The first kappa shape index (κ1) is 26.4. The van der Waals surface area contributed by atoms with Crippen LogP contribution in [-0.2, 0) is 19.1 Å². The van der Waals surface area contributed by atoms with Gasteiger partial charge < -0.3 is 30.9 Å². The summed E-state index contributed by atoms with van der Waals surface area (Å²) in [4.78, 5) is 28.4. The molecule has 6 N–H and O–H groups in total. The number of nitrogens with one attached hydrogen (secondary N) is 3. The van der Waals surface area contributed by atoms with Crippen LogP contribution < -0.4 is 16.4 Å². The Morgan fingerprint density at radius 3 is 2.36 bits per heavy atom. The third-order valence-corrected chi connectivity index (χ3v) is 5.01. The van der Waals surface area contributed by atoms with Crippen molar-refractivity contribution in [3.05, 3.63) is 57.4 Å². The molecule has 0 fully saturated rings. The lowest BCUT2D eigenvalue weighted by molar-refractivity contribution is -0.136. The average molecular weight is 518 g/mol. The molecule has 0 saturated heterocycles. The third-order valence-electron chi connectivity index (χ3n) is 5.01. The number of aliphatic carboxylic acids is 1. The summed E-state index contributed by atoms with van der Waals surface area (Å²) in [7, 11) is 0.846. The number of carbonyl (C=O) groups is 2. The van der Waals surface area contributed by atoms with E-state index in [2.05, 4.69) is 30.6 Å². The molecule has 0 amide bonds. The van der Waals surface area contributed by atoms with Crippen LogP contribution in [0.15, 0.2) is 28.6 Å². The summed E-state index contributed by atoms with van der Waals surface area (Å²) in [6.45, 7) is -2.05. The maximum atomic E-state index is 14.7. The number of carboxylic acids is 1. The quantitative estimate of drug-likeness (QED) is 0.135. The first-order valence-electron chi connectivity index (χ1n) is 10.0. The molecule has 1 atom stereocenters. The van der Waals surface area contributed by atoms with E-state index >= 15 is 0 Å². The van der Waals surface area contributed by atoms with E-state index in [4.69, 9.17) is 10.5 Å². The van der Waals surface area contributed by atoms with Crippen molar-refractivity contribution >= 4 is 23.8 Å². The molecule has 16 heteroatoms. The molecule has 1 unspecified atom stereocenters. The van der Waals surface area contributed by atoms with E-state index in [0.29, 0.717) is 0 Å². The number of dihydropyridines is 1. The van der Waals surface area contributed by atoms with E-state index in [-0.39, 0.29) is 31.1 Å². The number of aromatic nitrogens is 3. The number of halogens is 5. The number of methoxy groups -OCH3 is 1. The van der Waals surface area contributed by atoms with Crippen LogP contribution in [0.5, 0.6) is 0 Å². The second-order valence-electron chi connectivity index (χ2n) is 7.18. The van der Waals surface area contributed by atoms with Crippen LogP contribution in [0.4, 0.5) is 33.8 Å². The standard InChI is InChI=1S/C20H19F5N6O5/c1-35-18(34)12-9(5-21)28-10(6-36-3-2-27-20-29-19(26)30-31-20)11(17(32)33)13(12)14-15(24)7(22)4-8(23)16(14)25/h4,13,28H,2-3,5-6H2,1H3,(H,32,33)(H4,26,27,29,30,31). The van der Waals surface area contributed by atoms with Crippen molar-refractivity contribution in [2.24, 2.45) is 0 Å². The molecule has 3 rings (SSSR count). The highest BCUT2D eigenvalue weighted by Crippen LogP contribution is 2.42. The number of nitrogens with two attached hydrogens (primary N) is 1. The van der Waals surface area contributed by atoms with Gasteiger partial charge in [0.1, 0.15) is 6.67 Å². The minimum atomic E-state index is -2.28. The Morgan fingerprint density at radius 1 is 1.17 bits per heavy atom. The molecular formula is C20H19F5N6O5. The summed E-state index contributed by atoms with van der Waals surface area (Å²) in [6.07, 6.45) is 0. The Hall–Kier alpha value is -4.21. The smallest absolute Gasteiger partial charge is 0.336 e. The predicted molar refractivity (Wildman–Crippen MR) is 112 cm³/mol. The SMILES string of the molecule is COC(=O)C1=C(CF)NC(COCCNc2n[nH]c(N)n2)=C(C(=O)O)C1c1c(F)c(F)cc(F)c1F. The van der Waals surface area contributed by atoms with Crippen LogP contribution in [0.3, 0.4) is 0 Å². The number of alkyl halides is 1. The molecule has 0 aliphatic carbocycles. The zero-order valence-electron chi connectivity index (χ0n) is 18.4. The van der Waals surface area contributed by atoms with Crippen molar-refractivity contribution in [3.8, 4) is 0 Å². The number of aromatic amines is 1. The average Bonchev–Trinajstić information content (AvgIpc) is 3.26. The lowest BCUT2D eigenvalue weighted by Gasteiger charge is -2.31. The predicted octanol–water partition coefficient (Wildman–Crippen LogP) is 1.49. The van der Waals surface area contributed by atoms with Gasteiger partial charge in [0.05, 0.1) is 48.8 Å². The van der Waals surface area contributed by atoms with E-state index in [1.165, 1.54) is 0 Å². The molecule has 36 heavy (non-hydrogen) atoms. The van der Waals surface area contributed by atoms with Crippen molar-refractivity contribution in [2.75, 3.05) is 44.6 Å². The zero-order chi connectivity index (χ0) is 26.6. The fourth-order valence-electron chi connectivity index (χ4n) is 3.53. The number of ether oxygens (including phenoxy) is 2. The van der Waals surface area contributed by atoms with Gasteiger partial charge in [-0.3, -0.25) is 0 Å². The number of benzene rings is 1. The van der Waals surface area contributed by atoms with Gasteiger partial charge >= 0.3 is 11.9 Å². The fourth-order valence-corrected chi connectivity index (χ4v) is 3.53. The van der Waals surface area contributed by atoms with Gasteiger partial charge in [-0.15, -0.1) is 5.10 Å². The van der Waals surface area contributed by atoms with Gasteiger partial charge in [0.15, 0.2) is 23.3 Å². The lowest BCUT2D eigenvalue weighted by atomic mass is 9.79. The second kappa shape index (κ2) is 11.0. The summed E-state index contributed by atoms with van der Waals surface area (Å²) in [5.74, 6) is -12.9. The van der Waals surface area contributed by atoms with Crippen LogP contribution in [0, 0.1) is 23.3 Å². The maximum absolute atomic E-state index is 14.7. The first-order chi connectivity index (χ1) is 17.1. The number of hydrogen-bond donors (Lipinski definition) is 5. The molecule has 11 nitrogen and oxygen atoms in total. The number of rotatable bonds is 10. The highest BCUT2D eigenvalue weighted by Gasteiger charge is 2.43. The summed E-state index contributed by atoms with van der Waals surface area (Å²) in [5.41, 5.74) is 1.09. The number of carbonyl (C=O) groups excluding carboxylic acids is 1. The van der Waals surface area contributed by atoms with Gasteiger partial charge in [0, 0.05) is 18.2 Å². The number of carboxylic acid groups (broad SMARTS) is 1. The Balaban J connectivity index is 2.01. The molecule has 194 valence electrons. The number of esters is 1. The molecule has 0 spiro atoms. The van der Waals surface area contributed by atoms with E-state index in [9.17, 15) is 36.6 Å². The van der Waals surface area contributed by atoms with Crippen LogP contribution in [-0.4, -0.2) is 65.8 Å². The molecule has 0 saturated carbocycles. The molecule has 1 aliphatic rings. The Morgan fingerprint density at radius 2 is 1.83 bits per heavy atom. The molecule has 1 aliphatic heterocycles. The summed E-state index contributed by atoms with van der Waals surface area (Å²) in [6, 6.07) is -0.0875. The van der Waals surface area contributed by atoms with Crippen molar-refractivity contribution in [1.82, 2.24) is 20.5 Å². The van der Waals surface area contributed by atoms with E-state index in [0.717, 1.165) is 7.11 Å². The summed E-state index contributed by atoms with van der Waals surface area (Å²) in [5, 5.41) is 21.0. The lowest BCUT2D eigenvalue weighted by Crippen LogP contribution is -2.36. The molecule has 2 aromatic rings. The largest absolute Gasteiger partial charge is 0.478 e. The monoisotopic (exact) mass is 518 g/mol. The number of hydrogen-bond acceptors (Lipinski definition) is 9. The normalized spacial score (nSPS) is 15.7. The second-order valence-corrected chi connectivity index (χ2v) is 7.18. The van der Waals surface area contributed by atoms with Crippen LogP contribution in [0.2, 0.25) is 0 Å². The van der Waals surface area contributed by atoms with Crippen LogP contribution in [0.25, 0.3) is 0 Å². The number of nitrogens with zero attached hydrogens (tertiary/aromatic N) is 2. The summed E-state index contributed by atoms with van der Waals surface area (Å²) >= 11 is 0. The van der Waals surface area contributed by atoms with Crippen molar-refractivity contribution in [1.29, 1.82) is 0 Å². The minimum absolute atomic E-state index is 0.0484. The van der Waals surface area contributed by atoms with Gasteiger partial charge in [0.25, 0.3) is 0 Å². The Kier molecular flexibility index (Phi) is 8.08. The van der Waals surface area contributed by atoms with Crippen LogP contribution in [0.1, 0.15) is 11.5 Å². The number of anilines is 2. The molecule has 0 radical (unpaired) electrons. The first-order valence-corrected chi connectivity index (χ1v) is 10.0. The zero-order valence-corrected chi connectivity index (χ0v) is 18.4. The number of allylic oxidation sites excluding steroid dienone is 1. The Bertz CT molecular complexity index is 1220. The highest BCUT2D eigenvalue weighted by molar-refractivity contribution is 5.99. The number of H-pyrrole nitrogens is 1. The fraction of sp³-hybridized carbons (Fsp3) is 0.300. The van der Waals surface area contributed by atoms with Gasteiger partial charge in [-0.2, -0.15) is 4.98 Å². The van der Waals surface area contributed by atoms with Crippen molar-refractivity contribution < 1.29 is 46.1 Å². The molecule has 0 bridgehead atoms.